The first-order valence-corrected chi connectivity index (χ1v) is 5.69. The minimum Gasteiger partial charge on any atom is -0.481 e. The maximum absolute atomic E-state index is 5.29. The number of thiocarbonyl (C=S) groups is 1. The van der Waals surface area contributed by atoms with E-state index in [1.807, 2.05) is 19.1 Å². The molecule has 1 fully saturated rings. The van der Waals surface area contributed by atoms with Crippen molar-refractivity contribution in [1.82, 2.24) is 9.88 Å². The van der Waals surface area contributed by atoms with Crippen LogP contribution in [0.1, 0.15) is 12.1 Å². The summed E-state index contributed by atoms with van der Waals surface area (Å²) < 4.78 is 5.05. The van der Waals surface area contributed by atoms with Crippen molar-refractivity contribution in [3.8, 4) is 5.88 Å². The molecule has 1 aromatic heterocycles. The molecule has 0 unspecified atom stereocenters. The van der Waals surface area contributed by atoms with Gasteiger partial charge in [0.05, 0.1) is 18.5 Å². The minimum atomic E-state index is 0.623. The van der Waals surface area contributed by atoms with Gasteiger partial charge in [0.1, 0.15) is 0 Å². The SMILES string of the molecule is COc1ccc(NC(=S)N2CCC2)c(C)n1. The van der Waals surface area contributed by atoms with Gasteiger partial charge in [-0.25, -0.2) is 4.98 Å². The number of hydrogen-bond acceptors (Lipinski definition) is 3. The molecule has 1 aromatic rings. The highest BCUT2D eigenvalue weighted by atomic mass is 32.1. The molecule has 0 bridgehead atoms. The Morgan fingerprint density at radius 3 is 2.75 bits per heavy atom. The fraction of sp³-hybridized carbons (Fsp3) is 0.455. The second-order valence-corrected chi connectivity index (χ2v) is 4.14. The van der Waals surface area contributed by atoms with E-state index in [0.717, 1.165) is 29.6 Å². The quantitative estimate of drug-likeness (QED) is 0.794. The molecule has 1 aliphatic rings. The van der Waals surface area contributed by atoms with Crippen LogP contribution in [0.15, 0.2) is 12.1 Å². The number of aryl methyl sites for hydroxylation is 1. The van der Waals surface area contributed by atoms with Gasteiger partial charge < -0.3 is 15.0 Å². The van der Waals surface area contributed by atoms with Crippen LogP contribution in [-0.2, 0) is 0 Å². The smallest absolute Gasteiger partial charge is 0.213 e. The monoisotopic (exact) mass is 237 g/mol. The molecule has 0 spiro atoms. The third-order valence-corrected chi connectivity index (χ3v) is 3.01. The minimum absolute atomic E-state index is 0.623. The van der Waals surface area contributed by atoms with Crippen LogP contribution in [-0.4, -0.2) is 35.2 Å². The molecule has 0 aromatic carbocycles. The van der Waals surface area contributed by atoms with Gasteiger partial charge in [-0.05, 0) is 31.6 Å². The fourth-order valence-electron chi connectivity index (χ4n) is 1.50. The van der Waals surface area contributed by atoms with Gasteiger partial charge in [-0.15, -0.1) is 0 Å². The van der Waals surface area contributed by atoms with Crippen molar-refractivity contribution in [3.63, 3.8) is 0 Å². The average Bonchev–Trinajstić information content (AvgIpc) is 2.18. The molecule has 1 N–H and O–H groups in total. The van der Waals surface area contributed by atoms with E-state index >= 15 is 0 Å². The second kappa shape index (κ2) is 4.65. The van der Waals surface area contributed by atoms with Gasteiger partial charge in [-0.1, -0.05) is 0 Å². The first kappa shape index (κ1) is 11.1. The van der Waals surface area contributed by atoms with E-state index in [1.165, 1.54) is 6.42 Å². The molecule has 0 radical (unpaired) electrons. The summed E-state index contributed by atoms with van der Waals surface area (Å²) in [6, 6.07) is 3.77. The van der Waals surface area contributed by atoms with Crippen molar-refractivity contribution in [3.05, 3.63) is 17.8 Å². The number of ether oxygens (including phenoxy) is 1. The highest BCUT2D eigenvalue weighted by molar-refractivity contribution is 7.80. The normalized spacial score (nSPS) is 14.2. The lowest BCUT2D eigenvalue weighted by atomic mass is 10.2. The Labute approximate surface area is 101 Å². The number of pyridine rings is 1. The van der Waals surface area contributed by atoms with E-state index in [1.54, 1.807) is 7.11 Å². The molecule has 1 saturated heterocycles. The second-order valence-electron chi connectivity index (χ2n) is 3.76. The summed E-state index contributed by atoms with van der Waals surface area (Å²) in [5.74, 6) is 0.623. The van der Waals surface area contributed by atoms with Gasteiger partial charge in [0.25, 0.3) is 0 Å². The Balaban J connectivity index is 2.06. The molecular formula is C11H15N3OS. The average molecular weight is 237 g/mol. The van der Waals surface area contributed by atoms with Crippen LogP contribution in [0.4, 0.5) is 5.69 Å². The summed E-state index contributed by atoms with van der Waals surface area (Å²) in [5, 5.41) is 3.98. The number of nitrogens with zero attached hydrogens (tertiary/aromatic N) is 2. The molecule has 0 saturated carbocycles. The third-order valence-electron chi connectivity index (χ3n) is 2.65. The first-order chi connectivity index (χ1) is 7.70. The number of nitrogens with one attached hydrogen (secondary N) is 1. The lowest BCUT2D eigenvalue weighted by molar-refractivity contribution is 0.304. The summed E-state index contributed by atoms with van der Waals surface area (Å²) >= 11 is 5.29. The van der Waals surface area contributed by atoms with Crippen molar-refractivity contribution in [2.75, 3.05) is 25.5 Å². The zero-order chi connectivity index (χ0) is 11.5. The van der Waals surface area contributed by atoms with Crippen LogP contribution < -0.4 is 10.1 Å². The van der Waals surface area contributed by atoms with E-state index in [9.17, 15) is 0 Å². The Morgan fingerprint density at radius 2 is 2.25 bits per heavy atom. The fourth-order valence-corrected chi connectivity index (χ4v) is 1.79. The van der Waals surface area contributed by atoms with E-state index in [4.69, 9.17) is 17.0 Å². The molecule has 2 heterocycles. The molecule has 16 heavy (non-hydrogen) atoms. The lowest BCUT2D eigenvalue weighted by Gasteiger charge is -2.33. The number of hydrogen-bond donors (Lipinski definition) is 1. The number of anilines is 1. The topological polar surface area (TPSA) is 37.4 Å². The maximum atomic E-state index is 5.29. The van der Waals surface area contributed by atoms with Gasteiger partial charge in [0, 0.05) is 19.2 Å². The Bertz CT molecular complexity index is 404. The zero-order valence-electron chi connectivity index (χ0n) is 9.49. The largest absolute Gasteiger partial charge is 0.481 e. The Morgan fingerprint density at radius 1 is 1.50 bits per heavy atom. The van der Waals surface area contributed by atoms with Crippen molar-refractivity contribution in [2.24, 2.45) is 0 Å². The van der Waals surface area contributed by atoms with Gasteiger partial charge in [0.2, 0.25) is 5.88 Å². The van der Waals surface area contributed by atoms with Crippen LogP contribution in [0.3, 0.4) is 0 Å². The maximum Gasteiger partial charge on any atom is 0.213 e. The first-order valence-electron chi connectivity index (χ1n) is 5.28. The summed E-state index contributed by atoms with van der Waals surface area (Å²) in [7, 11) is 1.61. The predicted octanol–water partition coefficient (Wildman–Crippen LogP) is 1.80. The summed E-state index contributed by atoms with van der Waals surface area (Å²) in [6.45, 7) is 4.03. The number of methoxy groups -OCH3 is 1. The molecule has 5 heteroatoms. The lowest BCUT2D eigenvalue weighted by Crippen LogP contribution is -2.44. The van der Waals surface area contributed by atoms with Crippen molar-refractivity contribution < 1.29 is 4.74 Å². The standard InChI is InChI=1S/C11H15N3OS/c1-8-9(4-5-10(12-8)15-2)13-11(16)14-6-3-7-14/h4-5H,3,6-7H2,1-2H3,(H,13,16). The van der Waals surface area contributed by atoms with Crippen LogP contribution in [0.25, 0.3) is 0 Å². The summed E-state index contributed by atoms with van der Waals surface area (Å²) in [4.78, 5) is 6.42. The van der Waals surface area contributed by atoms with Crippen molar-refractivity contribution in [1.29, 1.82) is 0 Å². The van der Waals surface area contributed by atoms with Crippen LogP contribution >= 0.6 is 12.2 Å². The summed E-state index contributed by atoms with van der Waals surface area (Å²) in [6.07, 6.45) is 1.22. The molecule has 0 atom stereocenters. The predicted molar refractivity (Wildman–Crippen MR) is 67.9 cm³/mol. The van der Waals surface area contributed by atoms with E-state index in [2.05, 4.69) is 15.2 Å². The molecule has 2 rings (SSSR count). The molecule has 0 amide bonds. The van der Waals surface area contributed by atoms with E-state index in [0.29, 0.717) is 5.88 Å². The van der Waals surface area contributed by atoms with Crippen LogP contribution in [0.5, 0.6) is 5.88 Å². The van der Waals surface area contributed by atoms with Gasteiger partial charge in [-0.2, -0.15) is 0 Å². The molecule has 1 aliphatic heterocycles. The highest BCUT2D eigenvalue weighted by Gasteiger charge is 2.17. The van der Waals surface area contributed by atoms with Crippen LogP contribution in [0, 0.1) is 6.92 Å². The Kier molecular flexibility index (Phi) is 3.24. The Hall–Kier alpha value is -1.36. The van der Waals surface area contributed by atoms with Gasteiger partial charge in [0.15, 0.2) is 5.11 Å². The van der Waals surface area contributed by atoms with Crippen LogP contribution in [0.2, 0.25) is 0 Å². The zero-order valence-corrected chi connectivity index (χ0v) is 10.3. The van der Waals surface area contributed by atoms with Crippen molar-refractivity contribution >= 4 is 23.0 Å². The third kappa shape index (κ3) is 2.24. The molecule has 4 nitrogen and oxygen atoms in total. The highest BCUT2D eigenvalue weighted by Crippen LogP contribution is 2.18. The van der Waals surface area contributed by atoms with Gasteiger partial charge in [-0.3, -0.25) is 0 Å². The van der Waals surface area contributed by atoms with E-state index in [-0.39, 0.29) is 0 Å². The number of rotatable bonds is 2. The molecule has 0 aliphatic carbocycles. The van der Waals surface area contributed by atoms with Gasteiger partial charge >= 0.3 is 0 Å². The number of aromatic nitrogens is 1. The molecular weight excluding hydrogens is 222 g/mol. The van der Waals surface area contributed by atoms with E-state index < -0.39 is 0 Å². The summed E-state index contributed by atoms with van der Waals surface area (Å²) in [5.41, 5.74) is 1.83. The van der Waals surface area contributed by atoms with Crippen molar-refractivity contribution in [2.45, 2.75) is 13.3 Å². The molecule has 86 valence electrons. The number of likely N-dealkylation sites (tertiary alicyclic amines) is 1.